The Morgan fingerprint density at radius 3 is 1.63 bits per heavy atom. The van der Waals surface area contributed by atoms with E-state index in [0.29, 0.717) is 6.42 Å². The lowest BCUT2D eigenvalue weighted by Crippen LogP contribution is -2.36. The van der Waals surface area contributed by atoms with Crippen LogP contribution < -0.4 is 16.8 Å². The minimum atomic E-state index is -1.97. The number of halogens is 10. The highest BCUT2D eigenvalue weighted by molar-refractivity contribution is 5.95. The third-order valence-corrected chi connectivity index (χ3v) is 4.98. The van der Waals surface area contributed by atoms with E-state index in [-0.39, 0.29) is 54.6 Å². The largest absolute Gasteiger partial charge is 0.330 e. The van der Waals surface area contributed by atoms with Crippen LogP contribution in [0.15, 0.2) is 18.2 Å². The number of hydrogen-bond donors (Lipinski definition) is 3. The number of hydrogen-bond acceptors (Lipinski definition) is 5. The van der Waals surface area contributed by atoms with Crippen LogP contribution in [0.4, 0.5) is 40.8 Å². The molecule has 3 aromatic rings. The van der Waals surface area contributed by atoms with E-state index in [1.54, 1.807) is 0 Å². The SMILES string of the molecule is Cl.Cl.NCCC[C@H](N)C(=O)Nc1ccc(C#Cc2c(F)c(F)nc(F)c2F)c(C#Cc2c(F)c(F)nc(F)c2F)c1. The molecule has 1 atom stereocenters. The quantitative estimate of drug-likeness (QED) is 0.223. The molecule has 6 nitrogen and oxygen atoms in total. The summed E-state index contributed by atoms with van der Waals surface area (Å²) in [5.74, 6) is -7.99. The van der Waals surface area contributed by atoms with Gasteiger partial charge in [-0.1, -0.05) is 23.7 Å². The molecule has 218 valence electrons. The van der Waals surface area contributed by atoms with Crippen molar-refractivity contribution in [1.29, 1.82) is 0 Å². The molecule has 0 bridgehead atoms. The first kappa shape index (κ1) is 35.1. The van der Waals surface area contributed by atoms with Crippen LogP contribution in [0.3, 0.4) is 0 Å². The highest BCUT2D eigenvalue weighted by Crippen LogP contribution is 2.20. The van der Waals surface area contributed by atoms with E-state index >= 15 is 0 Å². The van der Waals surface area contributed by atoms with Crippen molar-refractivity contribution in [3.05, 3.63) is 87.5 Å². The Balaban J connectivity index is 0.00000420. The van der Waals surface area contributed by atoms with Crippen LogP contribution in [0, 0.1) is 70.7 Å². The number of nitrogens with one attached hydrogen (secondary N) is 1. The van der Waals surface area contributed by atoms with Crippen LogP contribution in [0.2, 0.25) is 0 Å². The molecular weight excluding hydrogens is 609 g/mol. The standard InChI is InChI=1S/C25H15F8N5O.2ClH/c26-17-14(18(27)22(31)37-21(17)30)7-4-11-3-6-13(36-25(39)16(35)2-1-9-34)10-12(11)5-8-15-19(28)23(32)38-24(33)20(15)29;;/h3,6,10,16H,1-2,9,34-35H2,(H,36,39);2*1H/t16-;;/m0../s1. The van der Waals surface area contributed by atoms with Crippen LogP contribution >= 0.6 is 24.8 Å². The molecule has 1 aromatic carbocycles. The smallest absolute Gasteiger partial charge is 0.253 e. The lowest BCUT2D eigenvalue weighted by molar-refractivity contribution is -0.117. The number of anilines is 1. The third-order valence-electron chi connectivity index (χ3n) is 4.98. The molecule has 0 saturated heterocycles. The average Bonchev–Trinajstić information content (AvgIpc) is 2.90. The van der Waals surface area contributed by atoms with E-state index in [1.807, 2.05) is 11.8 Å². The Kier molecular flexibility index (Phi) is 13.0. The van der Waals surface area contributed by atoms with E-state index in [2.05, 4.69) is 27.1 Å². The second-order valence-corrected chi connectivity index (χ2v) is 7.68. The molecule has 0 aliphatic carbocycles. The lowest BCUT2D eigenvalue weighted by Gasteiger charge is -2.12. The van der Waals surface area contributed by atoms with Crippen molar-refractivity contribution in [2.24, 2.45) is 11.5 Å². The predicted molar refractivity (Wildman–Crippen MR) is 136 cm³/mol. The van der Waals surface area contributed by atoms with Crippen LogP contribution in [0.1, 0.15) is 35.1 Å². The van der Waals surface area contributed by atoms with Crippen LogP contribution in [0.25, 0.3) is 0 Å². The second-order valence-electron chi connectivity index (χ2n) is 7.68. The number of benzene rings is 1. The zero-order valence-corrected chi connectivity index (χ0v) is 21.9. The molecule has 41 heavy (non-hydrogen) atoms. The van der Waals surface area contributed by atoms with Crippen LogP contribution in [-0.4, -0.2) is 28.5 Å². The predicted octanol–water partition coefficient (Wildman–Crippen LogP) is 4.24. The summed E-state index contributed by atoms with van der Waals surface area (Å²) in [6.45, 7) is 0.282. The number of aromatic nitrogens is 2. The van der Waals surface area contributed by atoms with Crippen molar-refractivity contribution in [1.82, 2.24) is 9.97 Å². The molecule has 0 fully saturated rings. The molecule has 0 spiro atoms. The molecule has 0 aliphatic heterocycles. The van der Waals surface area contributed by atoms with Crippen molar-refractivity contribution in [3.8, 4) is 23.7 Å². The van der Waals surface area contributed by atoms with Gasteiger partial charge in [0.2, 0.25) is 5.91 Å². The van der Waals surface area contributed by atoms with E-state index in [9.17, 15) is 39.9 Å². The highest BCUT2D eigenvalue weighted by atomic mass is 35.5. The maximum atomic E-state index is 14.0. The van der Waals surface area contributed by atoms with Gasteiger partial charge >= 0.3 is 0 Å². The van der Waals surface area contributed by atoms with Gasteiger partial charge in [0.05, 0.1) is 6.04 Å². The van der Waals surface area contributed by atoms with Gasteiger partial charge < -0.3 is 16.8 Å². The fourth-order valence-electron chi connectivity index (χ4n) is 2.99. The first-order valence-electron chi connectivity index (χ1n) is 10.8. The Bertz CT molecular complexity index is 1530. The molecule has 3 rings (SSSR count). The van der Waals surface area contributed by atoms with Gasteiger partial charge in [-0.25, -0.2) is 17.6 Å². The number of carbonyl (C=O) groups is 1. The number of carbonyl (C=O) groups excluding carboxylic acids is 1. The maximum absolute atomic E-state index is 14.0. The van der Waals surface area contributed by atoms with Crippen molar-refractivity contribution >= 4 is 36.4 Å². The van der Waals surface area contributed by atoms with Crippen molar-refractivity contribution in [2.75, 3.05) is 11.9 Å². The summed E-state index contributed by atoms with van der Waals surface area (Å²) < 4.78 is 110. The Hall–Kier alpha value is -3.95. The minimum absolute atomic E-state index is 0. The molecule has 2 heterocycles. The molecule has 5 N–H and O–H groups in total. The van der Waals surface area contributed by atoms with Crippen molar-refractivity contribution in [2.45, 2.75) is 18.9 Å². The van der Waals surface area contributed by atoms with Gasteiger partial charge in [-0.15, -0.1) is 24.8 Å². The van der Waals surface area contributed by atoms with E-state index in [4.69, 9.17) is 11.5 Å². The number of nitrogens with zero attached hydrogens (tertiary/aromatic N) is 2. The zero-order valence-electron chi connectivity index (χ0n) is 20.2. The van der Waals surface area contributed by atoms with Gasteiger partial charge in [0, 0.05) is 16.8 Å². The summed E-state index contributed by atoms with van der Waals surface area (Å²) in [4.78, 5) is 17.1. The van der Waals surface area contributed by atoms with Crippen LogP contribution in [-0.2, 0) is 4.79 Å². The fraction of sp³-hybridized carbons (Fsp3) is 0.160. The third kappa shape index (κ3) is 8.28. The van der Waals surface area contributed by atoms with E-state index < -0.39 is 70.1 Å². The summed E-state index contributed by atoms with van der Waals surface area (Å²) in [6, 6.07) is 2.49. The summed E-state index contributed by atoms with van der Waals surface area (Å²) >= 11 is 0. The average molecular weight is 626 g/mol. The number of pyridine rings is 2. The minimum Gasteiger partial charge on any atom is -0.330 e. The topological polar surface area (TPSA) is 107 Å². The lowest BCUT2D eigenvalue weighted by atomic mass is 10.0. The number of rotatable bonds is 5. The van der Waals surface area contributed by atoms with Gasteiger partial charge in [0.1, 0.15) is 11.1 Å². The number of amides is 1. The summed E-state index contributed by atoms with van der Waals surface area (Å²) in [5, 5.41) is 2.44. The Labute approximate surface area is 239 Å². The zero-order chi connectivity index (χ0) is 28.9. The molecule has 2 aromatic heterocycles. The van der Waals surface area contributed by atoms with Crippen molar-refractivity contribution < 1.29 is 39.9 Å². The monoisotopic (exact) mass is 625 g/mol. The van der Waals surface area contributed by atoms with E-state index in [0.717, 1.165) is 12.1 Å². The van der Waals surface area contributed by atoms with E-state index in [1.165, 1.54) is 6.07 Å². The molecule has 16 heteroatoms. The maximum Gasteiger partial charge on any atom is 0.253 e. The van der Waals surface area contributed by atoms with Gasteiger partial charge in [-0.2, -0.15) is 27.5 Å². The van der Waals surface area contributed by atoms with Crippen molar-refractivity contribution in [3.63, 3.8) is 0 Å². The summed E-state index contributed by atoms with van der Waals surface area (Å²) in [5.41, 5.74) is 7.98. The highest BCUT2D eigenvalue weighted by Gasteiger charge is 2.21. The molecule has 0 aliphatic rings. The summed E-state index contributed by atoms with van der Waals surface area (Å²) in [7, 11) is 0. The van der Waals surface area contributed by atoms with Gasteiger partial charge in [-0.3, -0.25) is 4.79 Å². The molecule has 0 radical (unpaired) electrons. The number of nitrogens with two attached hydrogens (primary N) is 2. The normalized spacial score (nSPS) is 10.7. The van der Waals surface area contributed by atoms with Gasteiger partial charge in [0.15, 0.2) is 23.3 Å². The molecule has 0 saturated carbocycles. The van der Waals surface area contributed by atoms with Gasteiger partial charge in [-0.05, 0) is 37.6 Å². The molecule has 1 amide bonds. The molecular formula is C25H17Cl2F8N5O. The summed E-state index contributed by atoms with van der Waals surface area (Å²) in [6.07, 6.45) is 0.686. The van der Waals surface area contributed by atoms with Gasteiger partial charge in [0.25, 0.3) is 23.8 Å². The molecule has 0 unspecified atom stereocenters. The first-order valence-corrected chi connectivity index (χ1v) is 10.8. The second kappa shape index (κ2) is 15.2. The fourth-order valence-corrected chi connectivity index (χ4v) is 2.99. The first-order chi connectivity index (χ1) is 18.4. The van der Waals surface area contributed by atoms with Crippen LogP contribution in [0.5, 0.6) is 0 Å². The Morgan fingerprint density at radius 2 is 1.20 bits per heavy atom. The Morgan fingerprint density at radius 1 is 0.756 bits per heavy atom.